The molecule has 0 bridgehead atoms. The van der Waals surface area contributed by atoms with E-state index in [1.165, 1.54) is 5.32 Å². The van der Waals surface area contributed by atoms with Crippen LogP contribution in [-0.4, -0.2) is 36.2 Å². The lowest BCUT2D eigenvalue weighted by molar-refractivity contribution is -0.499. The third kappa shape index (κ3) is 2.19. The molecule has 1 aliphatic heterocycles. The van der Waals surface area contributed by atoms with Crippen molar-refractivity contribution < 1.29 is 14.8 Å². The van der Waals surface area contributed by atoms with Crippen LogP contribution in [0.3, 0.4) is 0 Å². The zero-order valence-corrected chi connectivity index (χ0v) is 7.62. The van der Waals surface area contributed by atoms with Crippen LogP contribution in [0.1, 0.15) is 13.8 Å². The average molecular weight is 172 g/mol. The third-order valence-corrected chi connectivity index (χ3v) is 1.91. The number of morpholine rings is 1. The summed E-state index contributed by atoms with van der Waals surface area (Å²) in [6, 6.07) is -0.00278. The van der Waals surface area contributed by atoms with Gasteiger partial charge in [0, 0.05) is 0 Å². The second kappa shape index (κ2) is 3.87. The number of nitrogens with two attached hydrogens (primary N) is 1. The molecule has 0 aromatic heterocycles. The number of ether oxygens (including phenoxy) is 1. The molecule has 1 rings (SSSR count). The topological polar surface area (TPSA) is 46.2 Å². The summed E-state index contributed by atoms with van der Waals surface area (Å²) in [5.74, 6) is 0. The zero-order chi connectivity index (χ0) is 9.14. The normalized spacial score (nSPS) is 30.4. The van der Waals surface area contributed by atoms with Crippen molar-refractivity contribution in [2.24, 2.45) is 0 Å². The van der Waals surface area contributed by atoms with Gasteiger partial charge in [0.2, 0.25) is 0 Å². The highest BCUT2D eigenvalue weighted by molar-refractivity contribution is 5.63. The number of primary amides is 1. The number of urea groups is 1. The molecule has 0 spiro atoms. The third-order valence-electron chi connectivity index (χ3n) is 1.91. The number of rotatable bonds is 0. The van der Waals surface area contributed by atoms with Crippen molar-refractivity contribution in [3.8, 4) is 0 Å². The Morgan fingerprint density at radius 1 is 1.50 bits per heavy atom. The van der Waals surface area contributed by atoms with Crippen LogP contribution in [0, 0.1) is 7.05 Å². The van der Waals surface area contributed by atoms with Crippen LogP contribution in [0.4, 0.5) is 4.79 Å². The number of carbonyl (C=O) groups is 1. The molecule has 1 saturated heterocycles. The summed E-state index contributed by atoms with van der Waals surface area (Å²) in [7, 11) is 3.45. The molecule has 2 amide bonds. The number of hydrogen-bond acceptors (Lipinski definition) is 2. The van der Waals surface area contributed by atoms with Crippen molar-refractivity contribution in [3.63, 3.8) is 0 Å². The molecule has 4 heteroatoms. The number of carbonyl (C=O) groups excluding carboxylic acids is 1. The van der Waals surface area contributed by atoms with Crippen molar-refractivity contribution in [1.29, 1.82) is 0 Å². The van der Waals surface area contributed by atoms with Crippen LogP contribution in [0.2, 0.25) is 0 Å². The van der Waals surface area contributed by atoms with E-state index in [2.05, 4.69) is 7.05 Å². The number of quaternary nitrogens is 1. The summed E-state index contributed by atoms with van der Waals surface area (Å²) in [6.45, 7) is 5.29. The van der Waals surface area contributed by atoms with E-state index in [1.54, 1.807) is 4.90 Å². The Labute approximate surface area is 72.9 Å². The Morgan fingerprint density at radius 3 is 2.42 bits per heavy atom. The summed E-state index contributed by atoms with van der Waals surface area (Å²) < 4.78 is 5.48. The van der Waals surface area contributed by atoms with Gasteiger partial charge in [-0.15, -0.1) is 7.05 Å². The first-order valence-electron chi connectivity index (χ1n) is 4.20. The molecule has 0 aromatic rings. The predicted molar refractivity (Wildman–Crippen MR) is 44.3 cm³/mol. The van der Waals surface area contributed by atoms with Gasteiger partial charge in [-0.05, 0) is 13.8 Å². The quantitative estimate of drug-likeness (QED) is 0.504. The van der Waals surface area contributed by atoms with E-state index in [9.17, 15) is 4.79 Å². The lowest BCUT2D eigenvalue weighted by atomic mass is 10.2. The van der Waals surface area contributed by atoms with Gasteiger partial charge in [0.05, 0.1) is 25.3 Å². The van der Waals surface area contributed by atoms with E-state index in [1.807, 2.05) is 13.8 Å². The lowest BCUT2D eigenvalue weighted by Gasteiger charge is -2.33. The van der Waals surface area contributed by atoms with Crippen LogP contribution in [0.15, 0.2) is 0 Å². The molecule has 1 fully saturated rings. The van der Waals surface area contributed by atoms with E-state index < -0.39 is 0 Å². The molecule has 4 nitrogen and oxygen atoms in total. The molecule has 1 heterocycles. The highest BCUT2D eigenvalue weighted by Crippen LogP contribution is 2.09. The first-order chi connectivity index (χ1) is 5.63. The summed E-state index contributed by atoms with van der Waals surface area (Å²) in [5, 5.41) is 1.35. The van der Waals surface area contributed by atoms with Crippen molar-refractivity contribution in [2.75, 3.05) is 13.1 Å². The van der Waals surface area contributed by atoms with Gasteiger partial charge in [-0.2, -0.15) is 0 Å². The molecule has 0 saturated carbocycles. The van der Waals surface area contributed by atoms with Crippen LogP contribution >= 0.6 is 0 Å². The van der Waals surface area contributed by atoms with Gasteiger partial charge in [-0.25, -0.2) is 4.79 Å². The monoisotopic (exact) mass is 172 g/mol. The van der Waals surface area contributed by atoms with Gasteiger partial charge in [0.15, 0.2) is 0 Å². The minimum absolute atomic E-state index is 0.00278. The number of amides is 2. The van der Waals surface area contributed by atoms with E-state index >= 15 is 0 Å². The van der Waals surface area contributed by atoms with E-state index in [4.69, 9.17) is 4.74 Å². The first-order valence-corrected chi connectivity index (χ1v) is 4.20. The largest absolute Gasteiger partial charge is 0.395 e. The summed E-state index contributed by atoms with van der Waals surface area (Å²) in [6.07, 6.45) is 0.273. The Hall–Kier alpha value is -0.610. The molecule has 2 atom stereocenters. The smallest absolute Gasteiger partial charge is 0.389 e. The molecule has 12 heavy (non-hydrogen) atoms. The number of hydrogen-bond donors (Lipinski definition) is 1. The maximum absolute atomic E-state index is 11.2. The van der Waals surface area contributed by atoms with Crippen molar-refractivity contribution >= 4 is 6.03 Å². The molecule has 0 aliphatic carbocycles. The summed E-state index contributed by atoms with van der Waals surface area (Å²) >= 11 is 0. The minimum atomic E-state index is -0.00278. The highest BCUT2D eigenvalue weighted by atomic mass is 16.5. The fraction of sp³-hybridized carbons (Fsp3) is 0.750. The van der Waals surface area contributed by atoms with Gasteiger partial charge in [0.25, 0.3) is 0 Å². The molecular weight excluding hydrogens is 156 g/mol. The van der Waals surface area contributed by atoms with E-state index in [0.717, 1.165) is 0 Å². The zero-order valence-electron chi connectivity index (χ0n) is 7.62. The first kappa shape index (κ1) is 9.48. The Morgan fingerprint density at radius 2 is 2.00 bits per heavy atom. The second-order valence-corrected chi connectivity index (χ2v) is 3.20. The predicted octanol–water partition coefficient (Wildman–Crippen LogP) is -0.429. The van der Waals surface area contributed by atoms with E-state index in [-0.39, 0.29) is 18.2 Å². The van der Waals surface area contributed by atoms with Gasteiger partial charge >= 0.3 is 6.03 Å². The van der Waals surface area contributed by atoms with E-state index in [0.29, 0.717) is 13.1 Å². The lowest BCUT2D eigenvalue weighted by Crippen LogP contribution is -2.85. The molecule has 0 aromatic carbocycles. The Bertz CT molecular complexity index is 162. The molecule has 0 radical (unpaired) electrons. The van der Waals surface area contributed by atoms with Crippen LogP contribution in [0.5, 0.6) is 0 Å². The Kier molecular flexibility index (Phi) is 3.05. The second-order valence-electron chi connectivity index (χ2n) is 3.20. The van der Waals surface area contributed by atoms with Gasteiger partial charge in [-0.1, -0.05) is 0 Å². The van der Waals surface area contributed by atoms with Crippen molar-refractivity contribution in [3.05, 3.63) is 7.05 Å². The maximum Gasteiger partial charge on any atom is 0.389 e. The van der Waals surface area contributed by atoms with Crippen LogP contribution < -0.4 is 5.32 Å². The van der Waals surface area contributed by atoms with Crippen molar-refractivity contribution in [1.82, 2.24) is 4.90 Å². The highest BCUT2D eigenvalue weighted by Gasteiger charge is 2.26. The van der Waals surface area contributed by atoms with Crippen molar-refractivity contribution in [2.45, 2.75) is 26.1 Å². The SMILES string of the molecule is [CH2-][NH2+]C(=O)N1CC(C)OC(C)C1. The van der Waals surface area contributed by atoms with Gasteiger partial charge in [0.1, 0.15) is 0 Å². The van der Waals surface area contributed by atoms with Crippen LogP contribution in [-0.2, 0) is 4.74 Å². The fourth-order valence-corrected chi connectivity index (χ4v) is 1.49. The Balaban J connectivity index is 2.49. The molecular formula is C8H16N2O2. The standard InChI is InChI=1S/C8H16N2O2/c1-6-4-10(8(11)9-3)5-7(2)12-6/h6-7H,3-5,9H2,1-2H3. The fourth-order valence-electron chi connectivity index (χ4n) is 1.49. The maximum atomic E-state index is 11.2. The van der Waals surface area contributed by atoms with Gasteiger partial charge < -0.3 is 10.1 Å². The van der Waals surface area contributed by atoms with Gasteiger partial charge in [-0.3, -0.25) is 4.90 Å². The number of nitrogens with zero attached hydrogens (tertiary/aromatic N) is 1. The summed E-state index contributed by atoms with van der Waals surface area (Å²) in [5.41, 5.74) is 0. The molecule has 70 valence electrons. The van der Waals surface area contributed by atoms with Crippen LogP contribution in [0.25, 0.3) is 0 Å². The summed E-state index contributed by atoms with van der Waals surface area (Å²) in [4.78, 5) is 13.0. The minimum Gasteiger partial charge on any atom is -0.395 e. The molecule has 2 unspecified atom stereocenters. The molecule has 2 N–H and O–H groups in total. The molecule has 1 aliphatic rings. The average Bonchev–Trinajstić information content (AvgIpc) is 2.01.